The summed E-state index contributed by atoms with van der Waals surface area (Å²) in [5, 5.41) is 10.3. The number of benzene rings is 2. The van der Waals surface area contributed by atoms with Crippen LogP contribution in [0, 0.1) is 0 Å². The van der Waals surface area contributed by atoms with Crippen LogP contribution in [-0.4, -0.2) is 33.4 Å². The van der Waals surface area contributed by atoms with E-state index in [0.29, 0.717) is 10.8 Å². The van der Waals surface area contributed by atoms with Gasteiger partial charge in [-0.3, -0.25) is 0 Å². The molecule has 2 aromatic carbocycles. The summed E-state index contributed by atoms with van der Waals surface area (Å²) in [6.07, 6.45) is 0. The van der Waals surface area contributed by atoms with Crippen molar-refractivity contribution in [2.45, 2.75) is 23.6 Å². The molecule has 0 bridgehead atoms. The first kappa shape index (κ1) is 15.8. The monoisotopic (exact) mass is 328 g/mol. The Morgan fingerprint density at radius 2 is 1.52 bits per heavy atom. The summed E-state index contributed by atoms with van der Waals surface area (Å²) in [6.45, 7) is 3.00. The fourth-order valence-corrected chi connectivity index (χ4v) is 4.21. The first-order chi connectivity index (χ1) is 9.71. The van der Waals surface area contributed by atoms with Crippen molar-refractivity contribution in [2.75, 3.05) is 11.5 Å². The van der Waals surface area contributed by atoms with Crippen LogP contribution in [0.2, 0.25) is 0 Å². The molecule has 0 heterocycles. The van der Waals surface area contributed by atoms with E-state index in [1.54, 1.807) is 0 Å². The van der Waals surface area contributed by atoms with Gasteiger partial charge in [-0.2, -0.15) is 0 Å². The van der Waals surface area contributed by atoms with Crippen molar-refractivity contribution in [3.05, 3.63) is 30.3 Å². The van der Waals surface area contributed by atoms with Crippen LogP contribution in [0.25, 0.3) is 10.8 Å². The second kappa shape index (κ2) is 5.31. The highest BCUT2D eigenvalue weighted by Gasteiger charge is 2.21. The Balaban J connectivity index is 2.95. The van der Waals surface area contributed by atoms with Gasteiger partial charge in [-0.1, -0.05) is 13.8 Å². The minimum atomic E-state index is -3.57. The largest absolute Gasteiger partial charge is 0.508 e. The van der Waals surface area contributed by atoms with Gasteiger partial charge in [0.15, 0.2) is 19.7 Å². The van der Waals surface area contributed by atoms with Gasteiger partial charge >= 0.3 is 0 Å². The molecule has 1 N–H and O–H groups in total. The number of sulfone groups is 2. The van der Waals surface area contributed by atoms with Crippen LogP contribution < -0.4 is 0 Å². The lowest BCUT2D eigenvalue weighted by molar-refractivity contribution is 0.476. The zero-order valence-electron chi connectivity index (χ0n) is 11.7. The van der Waals surface area contributed by atoms with Crippen molar-refractivity contribution < 1.29 is 21.9 Å². The molecular weight excluding hydrogens is 312 g/mol. The van der Waals surface area contributed by atoms with E-state index >= 15 is 0 Å². The SMILES string of the molecule is CCS(=O)(=O)c1cc(S(=O)(=O)CC)c2ccc(O)cc2c1. The van der Waals surface area contributed by atoms with E-state index in [2.05, 4.69) is 0 Å². The van der Waals surface area contributed by atoms with Crippen molar-refractivity contribution in [3.8, 4) is 5.75 Å². The summed E-state index contributed by atoms with van der Waals surface area (Å²) in [7, 11) is -7.11. The Bertz CT molecular complexity index is 896. The fraction of sp³-hybridized carbons (Fsp3) is 0.286. The molecule has 114 valence electrons. The Morgan fingerprint density at radius 1 is 0.905 bits per heavy atom. The molecule has 0 radical (unpaired) electrons. The molecule has 0 aliphatic heterocycles. The van der Waals surface area contributed by atoms with Gasteiger partial charge in [0, 0.05) is 5.39 Å². The predicted octanol–water partition coefficient (Wildman–Crippen LogP) is 2.13. The maximum Gasteiger partial charge on any atom is 0.178 e. The van der Waals surface area contributed by atoms with Gasteiger partial charge in [-0.25, -0.2) is 16.8 Å². The number of hydrogen-bond acceptors (Lipinski definition) is 5. The van der Waals surface area contributed by atoms with Gasteiger partial charge in [-0.05, 0) is 35.7 Å². The van der Waals surface area contributed by atoms with Gasteiger partial charge < -0.3 is 5.11 Å². The number of phenols is 1. The normalized spacial score (nSPS) is 12.7. The van der Waals surface area contributed by atoms with Gasteiger partial charge in [0.2, 0.25) is 0 Å². The minimum absolute atomic E-state index is 0.0190. The molecular formula is C14H16O5S2. The van der Waals surface area contributed by atoms with E-state index in [9.17, 15) is 21.9 Å². The van der Waals surface area contributed by atoms with Crippen molar-refractivity contribution in [1.29, 1.82) is 0 Å². The molecule has 0 aliphatic rings. The fourth-order valence-electron chi connectivity index (χ4n) is 2.05. The number of rotatable bonds is 4. The van der Waals surface area contributed by atoms with E-state index in [-0.39, 0.29) is 27.0 Å². The average Bonchev–Trinajstić information content (AvgIpc) is 2.45. The van der Waals surface area contributed by atoms with E-state index in [4.69, 9.17) is 0 Å². The molecule has 0 atom stereocenters. The molecule has 0 spiro atoms. The van der Waals surface area contributed by atoms with Gasteiger partial charge in [0.1, 0.15) is 5.75 Å². The minimum Gasteiger partial charge on any atom is -0.508 e. The second-order valence-electron chi connectivity index (χ2n) is 4.63. The van der Waals surface area contributed by atoms with Crippen molar-refractivity contribution >= 4 is 30.4 Å². The molecule has 7 heteroatoms. The number of hydrogen-bond donors (Lipinski definition) is 1. The number of phenolic OH excluding ortho intramolecular Hbond substituents is 1. The lowest BCUT2D eigenvalue weighted by Crippen LogP contribution is -2.09. The van der Waals surface area contributed by atoms with E-state index in [1.807, 2.05) is 0 Å². The first-order valence-corrected chi connectivity index (χ1v) is 9.74. The topological polar surface area (TPSA) is 88.5 Å². The highest BCUT2D eigenvalue weighted by atomic mass is 32.2. The Kier molecular flexibility index (Phi) is 3.99. The molecule has 2 aromatic rings. The lowest BCUT2D eigenvalue weighted by Gasteiger charge is -2.10. The molecule has 0 aliphatic carbocycles. The quantitative estimate of drug-likeness (QED) is 0.929. The Labute approximate surface area is 124 Å². The molecule has 0 saturated heterocycles. The lowest BCUT2D eigenvalue weighted by atomic mass is 10.1. The summed E-state index contributed by atoms with van der Waals surface area (Å²) in [5.74, 6) is -0.296. The van der Waals surface area contributed by atoms with Crippen LogP contribution in [0.4, 0.5) is 0 Å². The first-order valence-electron chi connectivity index (χ1n) is 6.43. The Morgan fingerprint density at radius 3 is 2.10 bits per heavy atom. The summed E-state index contributed by atoms with van der Waals surface area (Å²) in [5.41, 5.74) is 0. The summed E-state index contributed by atoms with van der Waals surface area (Å²) in [4.78, 5) is -0.0651. The van der Waals surface area contributed by atoms with Crippen molar-refractivity contribution in [2.24, 2.45) is 0 Å². The van der Waals surface area contributed by atoms with Crippen LogP contribution in [0.15, 0.2) is 40.1 Å². The van der Waals surface area contributed by atoms with Crippen LogP contribution in [0.3, 0.4) is 0 Å². The highest BCUT2D eigenvalue weighted by Crippen LogP contribution is 2.30. The molecule has 5 nitrogen and oxygen atoms in total. The van der Waals surface area contributed by atoms with Crippen LogP contribution in [-0.2, 0) is 19.7 Å². The molecule has 21 heavy (non-hydrogen) atoms. The summed E-state index contributed by atoms with van der Waals surface area (Å²) < 4.78 is 48.5. The number of aromatic hydroxyl groups is 1. The van der Waals surface area contributed by atoms with E-state index in [0.717, 1.165) is 0 Å². The molecule has 2 rings (SSSR count). The standard InChI is InChI=1S/C14H16O5S2/c1-3-20(16,17)12-8-10-7-11(15)5-6-13(10)14(9-12)21(18,19)4-2/h5-9,15H,3-4H2,1-2H3. The van der Waals surface area contributed by atoms with E-state index in [1.165, 1.54) is 44.2 Å². The molecule has 0 unspecified atom stereocenters. The Hall–Kier alpha value is -1.60. The van der Waals surface area contributed by atoms with Crippen LogP contribution in [0.5, 0.6) is 5.75 Å². The molecule has 0 aromatic heterocycles. The van der Waals surface area contributed by atoms with E-state index < -0.39 is 19.7 Å². The zero-order valence-corrected chi connectivity index (χ0v) is 13.3. The molecule has 0 saturated carbocycles. The predicted molar refractivity (Wildman–Crippen MR) is 81.1 cm³/mol. The van der Waals surface area contributed by atoms with Gasteiger partial charge in [0.05, 0.1) is 21.3 Å². The average molecular weight is 328 g/mol. The van der Waals surface area contributed by atoms with Crippen LogP contribution in [0.1, 0.15) is 13.8 Å². The third kappa shape index (κ3) is 2.89. The maximum absolute atomic E-state index is 12.2. The van der Waals surface area contributed by atoms with Gasteiger partial charge in [0.25, 0.3) is 0 Å². The molecule has 0 amide bonds. The summed E-state index contributed by atoms with van der Waals surface area (Å²) >= 11 is 0. The third-order valence-corrected chi connectivity index (χ3v) is 6.81. The highest BCUT2D eigenvalue weighted by molar-refractivity contribution is 7.92. The van der Waals surface area contributed by atoms with Crippen molar-refractivity contribution in [3.63, 3.8) is 0 Å². The maximum atomic E-state index is 12.2. The summed E-state index contributed by atoms with van der Waals surface area (Å²) in [6, 6.07) is 6.82. The number of fused-ring (bicyclic) bond motifs is 1. The molecule has 0 fully saturated rings. The van der Waals surface area contributed by atoms with Crippen molar-refractivity contribution in [1.82, 2.24) is 0 Å². The van der Waals surface area contributed by atoms with Gasteiger partial charge in [-0.15, -0.1) is 0 Å². The smallest absolute Gasteiger partial charge is 0.178 e. The second-order valence-corrected chi connectivity index (χ2v) is 9.16. The van der Waals surface area contributed by atoms with Crippen LogP contribution >= 0.6 is 0 Å². The third-order valence-electron chi connectivity index (χ3n) is 3.33. The zero-order chi connectivity index (χ0) is 15.8.